The Labute approximate surface area is 120 Å². The molecule has 0 saturated heterocycles. The summed E-state index contributed by atoms with van der Waals surface area (Å²) in [4.78, 5) is 0. The number of hydrogen-bond acceptors (Lipinski definition) is 2. The second-order valence-electron chi connectivity index (χ2n) is 5.98. The summed E-state index contributed by atoms with van der Waals surface area (Å²) in [6.45, 7) is 4.11. The van der Waals surface area contributed by atoms with Crippen molar-refractivity contribution in [3.63, 3.8) is 0 Å². The van der Waals surface area contributed by atoms with E-state index < -0.39 is 0 Å². The van der Waals surface area contributed by atoms with Crippen LogP contribution in [-0.2, 0) is 7.05 Å². The van der Waals surface area contributed by atoms with Crippen molar-refractivity contribution in [1.29, 1.82) is 0 Å². The van der Waals surface area contributed by atoms with Gasteiger partial charge in [-0.05, 0) is 43.7 Å². The summed E-state index contributed by atoms with van der Waals surface area (Å²) in [6, 6.07) is 8.79. The molecule has 0 spiro atoms. The molecule has 1 atom stereocenters. The number of benzene rings is 1. The van der Waals surface area contributed by atoms with E-state index in [-0.39, 0.29) is 6.04 Å². The molecule has 1 unspecified atom stereocenters. The Morgan fingerprint density at radius 1 is 1.20 bits per heavy atom. The largest absolute Gasteiger partial charge is 0.320 e. The minimum atomic E-state index is -0.0841. The Balaban J connectivity index is 1.88. The molecule has 3 rings (SSSR count). The van der Waals surface area contributed by atoms with Crippen LogP contribution in [0.2, 0.25) is 0 Å². The van der Waals surface area contributed by atoms with E-state index in [0.29, 0.717) is 0 Å². The van der Waals surface area contributed by atoms with Gasteiger partial charge in [0.05, 0.1) is 11.7 Å². The van der Waals surface area contributed by atoms with Crippen LogP contribution in [0.25, 0.3) is 0 Å². The standard InChI is InChI=1S/C17H23N3/c1-11-16(12(2)20(3)19-11)17(18)15-9-7-14(8-10-15)13-5-4-6-13/h7-10,13,17H,4-6,18H2,1-3H3. The molecule has 0 aliphatic heterocycles. The van der Waals surface area contributed by atoms with Gasteiger partial charge in [-0.2, -0.15) is 5.10 Å². The first-order valence-electron chi connectivity index (χ1n) is 7.43. The second-order valence-corrected chi connectivity index (χ2v) is 5.98. The third kappa shape index (κ3) is 2.16. The third-order valence-electron chi connectivity index (χ3n) is 4.75. The van der Waals surface area contributed by atoms with Crippen LogP contribution in [0.4, 0.5) is 0 Å². The predicted molar refractivity (Wildman–Crippen MR) is 81.7 cm³/mol. The van der Waals surface area contributed by atoms with E-state index >= 15 is 0 Å². The average Bonchev–Trinajstić information content (AvgIpc) is 2.61. The topological polar surface area (TPSA) is 43.8 Å². The summed E-state index contributed by atoms with van der Waals surface area (Å²) in [7, 11) is 1.97. The number of nitrogens with zero attached hydrogens (tertiary/aromatic N) is 2. The van der Waals surface area contributed by atoms with Gasteiger partial charge in [0.25, 0.3) is 0 Å². The summed E-state index contributed by atoms with van der Waals surface area (Å²) < 4.78 is 1.91. The highest BCUT2D eigenvalue weighted by atomic mass is 15.3. The van der Waals surface area contributed by atoms with Crippen LogP contribution in [-0.4, -0.2) is 9.78 Å². The monoisotopic (exact) mass is 269 g/mol. The average molecular weight is 269 g/mol. The van der Waals surface area contributed by atoms with Crippen molar-refractivity contribution in [2.75, 3.05) is 0 Å². The van der Waals surface area contributed by atoms with Crippen LogP contribution in [0.15, 0.2) is 24.3 Å². The first-order chi connectivity index (χ1) is 9.58. The highest BCUT2D eigenvalue weighted by Gasteiger charge is 2.21. The fraction of sp³-hybridized carbons (Fsp3) is 0.471. The maximum atomic E-state index is 6.45. The fourth-order valence-electron chi connectivity index (χ4n) is 3.12. The number of hydrogen-bond donors (Lipinski definition) is 1. The molecule has 0 amide bonds. The molecule has 1 aliphatic carbocycles. The van der Waals surface area contributed by atoms with Gasteiger partial charge in [-0.15, -0.1) is 0 Å². The summed E-state index contributed by atoms with van der Waals surface area (Å²) >= 11 is 0. The molecular weight excluding hydrogens is 246 g/mol. The Bertz CT molecular complexity index is 606. The zero-order valence-electron chi connectivity index (χ0n) is 12.6. The third-order valence-corrected chi connectivity index (χ3v) is 4.75. The zero-order chi connectivity index (χ0) is 14.3. The summed E-state index contributed by atoms with van der Waals surface area (Å²) in [5.41, 5.74) is 12.4. The Kier molecular flexibility index (Phi) is 3.38. The van der Waals surface area contributed by atoms with Crippen LogP contribution >= 0.6 is 0 Å². The smallest absolute Gasteiger partial charge is 0.0647 e. The highest BCUT2D eigenvalue weighted by Crippen LogP contribution is 2.36. The van der Waals surface area contributed by atoms with Gasteiger partial charge in [-0.3, -0.25) is 4.68 Å². The molecule has 1 heterocycles. The van der Waals surface area contributed by atoms with Crippen molar-refractivity contribution in [3.8, 4) is 0 Å². The van der Waals surface area contributed by atoms with Gasteiger partial charge < -0.3 is 5.73 Å². The van der Waals surface area contributed by atoms with Gasteiger partial charge in [-0.25, -0.2) is 0 Å². The molecule has 1 aliphatic rings. The summed E-state index contributed by atoms with van der Waals surface area (Å²) in [5.74, 6) is 0.780. The molecule has 1 fully saturated rings. The van der Waals surface area contributed by atoms with E-state index in [1.165, 1.54) is 30.4 Å². The lowest BCUT2D eigenvalue weighted by molar-refractivity contribution is 0.419. The van der Waals surface area contributed by atoms with Crippen LogP contribution in [0.5, 0.6) is 0 Å². The maximum Gasteiger partial charge on any atom is 0.0647 e. The van der Waals surface area contributed by atoms with Crippen LogP contribution < -0.4 is 5.73 Å². The van der Waals surface area contributed by atoms with E-state index in [2.05, 4.69) is 36.3 Å². The van der Waals surface area contributed by atoms with E-state index in [1.54, 1.807) is 0 Å². The zero-order valence-corrected chi connectivity index (χ0v) is 12.6. The molecule has 1 saturated carbocycles. The van der Waals surface area contributed by atoms with Gasteiger partial charge in [0.2, 0.25) is 0 Å². The molecule has 0 radical (unpaired) electrons. The van der Waals surface area contributed by atoms with Crippen molar-refractivity contribution in [2.24, 2.45) is 12.8 Å². The molecule has 1 aromatic carbocycles. The molecule has 3 heteroatoms. The van der Waals surface area contributed by atoms with E-state index in [1.807, 2.05) is 18.7 Å². The number of rotatable bonds is 3. The van der Waals surface area contributed by atoms with Gasteiger partial charge in [0.15, 0.2) is 0 Å². The number of nitrogens with two attached hydrogens (primary N) is 1. The summed E-state index contributed by atoms with van der Waals surface area (Å²) in [5, 5.41) is 4.46. The Morgan fingerprint density at radius 3 is 2.30 bits per heavy atom. The normalized spacial score (nSPS) is 17.0. The van der Waals surface area contributed by atoms with E-state index in [0.717, 1.165) is 22.9 Å². The Hall–Kier alpha value is -1.61. The molecule has 106 valence electrons. The fourth-order valence-corrected chi connectivity index (χ4v) is 3.12. The first-order valence-corrected chi connectivity index (χ1v) is 7.43. The lowest BCUT2D eigenvalue weighted by atomic mass is 9.79. The number of aromatic nitrogens is 2. The van der Waals surface area contributed by atoms with Crippen molar-refractivity contribution in [2.45, 2.75) is 45.1 Å². The van der Waals surface area contributed by atoms with Crippen molar-refractivity contribution < 1.29 is 0 Å². The lowest BCUT2D eigenvalue weighted by Crippen LogP contribution is -2.14. The molecule has 3 nitrogen and oxygen atoms in total. The summed E-state index contributed by atoms with van der Waals surface area (Å²) in [6.07, 6.45) is 4.05. The molecule has 2 N–H and O–H groups in total. The predicted octanol–water partition coefficient (Wildman–Crippen LogP) is 3.35. The van der Waals surface area contributed by atoms with Crippen molar-refractivity contribution in [3.05, 3.63) is 52.3 Å². The van der Waals surface area contributed by atoms with E-state index in [4.69, 9.17) is 5.73 Å². The van der Waals surface area contributed by atoms with Gasteiger partial charge in [0.1, 0.15) is 0 Å². The minimum Gasteiger partial charge on any atom is -0.320 e. The van der Waals surface area contributed by atoms with Crippen LogP contribution in [0, 0.1) is 13.8 Å². The molecular formula is C17H23N3. The SMILES string of the molecule is Cc1nn(C)c(C)c1C(N)c1ccc(C2CCC2)cc1. The second kappa shape index (κ2) is 5.06. The minimum absolute atomic E-state index is 0.0841. The molecule has 0 bridgehead atoms. The quantitative estimate of drug-likeness (QED) is 0.928. The first kappa shape index (κ1) is 13.4. The van der Waals surface area contributed by atoms with Crippen molar-refractivity contribution >= 4 is 0 Å². The number of aryl methyl sites for hydroxylation is 2. The van der Waals surface area contributed by atoms with Crippen LogP contribution in [0.1, 0.15) is 59.3 Å². The molecule has 1 aromatic heterocycles. The van der Waals surface area contributed by atoms with Gasteiger partial charge >= 0.3 is 0 Å². The maximum absolute atomic E-state index is 6.45. The lowest BCUT2D eigenvalue weighted by Gasteiger charge is -2.26. The van der Waals surface area contributed by atoms with Gasteiger partial charge in [-0.1, -0.05) is 30.7 Å². The molecule has 20 heavy (non-hydrogen) atoms. The Morgan fingerprint density at radius 2 is 1.85 bits per heavy atom. The van der Waals surface area contributed by atoms with E-state index in [9.17, 15) is 0 Å². The van der Waals surface area contributed by atoms with Gasteiger partial charge in [0, 0.05) is 18.3 Å². The van der Waals surface area contributed by atoms with Crippen molar-refractivity contribution in [1.82, 2.24) is 9.78 Å². The van der Waals surface area contributed by atoms with Crippen LogP contribution in [0.3, 0.4) is 0 Å². The molecule has 2 aromatic rings. The highest BCUT2D eigenvalue weighted by molar-refractivity contribution is 5.38.